The van der Waals surface area contributed by atoms with Crippen LogP contribution in [0.5, 0.6) is 0 Å². The molecule has 2 heterocycles. The van der Waals surface area contributed by atoms with Crippen molar-refractivity contribution in [3.8, 4) is 0 Å². The molecule has 0 spiro atoms. The van der Waals surface area contributed by atoms with Crippen molar-refractivity contribution in [2.75, 3.05) is 5.73 Å². The quantitative estimate of drug-likeness (QED) is 0.844. The molecule has 0 aliphatic carbocycles. The number of thiophene rings is 1. The lowest BCUT2D eigenvalue weighted by Gasteiger charge is -2.03. The van der Waals surface area contributed by atoms with E-state index in [-0.39, 0.29) is 5.63 Å². The molecule has 0 aliphatic heterocycles. The van der Waals surface area contributed by atoms with E-state index in [1.807, 2.05) is 0 Å². The first-order valence-electron chi connectivity index (χ1n) is 6.25. The van der Waals surface area contributed by atoms with Crippen LogP contribution in [-0.2, 0) is 6.42 Å². The van der Waals surface area contributed by atoms with E-state index < -0.39 is 0 Å². The summed E-state index contributed by atoms with van der Waals surface area (Å²) in [4.78, 5) is 16.0. The minimum absolute atomic E-state index is 0.319. The van der Waals surface area contributed by atoms with E-state index in [2.05, 4.69) is 18.8 Å². The monoisotopic (exact) mass is 266 g/mol. The highest BCUT2D eigenvalue weighted by Gasteiger charge is 2.09. The highest BCUT2D eigenvalue weighted by molar-refractivity contribution is 7.22. The van der Waals surface area contributed by atoms with Crippen LogP contribution in [0.3, 0.4) is 0 Å². The number of hydrogen-bond acceptors (Lipinski definition) is 5. The maximum Gasteiger partial charge on any atom is 0.357 e. The van der Waals surface area contributed by atoms with Crippen LogP contribution in [0.4, 0.5) is 5.00 Å². The predicted molar refractivity (Wildman–Crippen MR) is 75.0 cm³/mol. The van der Waals surface area contributed by atoms with Gasteiger partial charge in [-0.2, -0.15) is 0 Å². The summed E-state index contributed by atoms with van der Waals surface area (Å²) in [6.45, 7) is 4.41. The van der Waals surface area contributed by atoms with Gasteiger partial charge in [-0.25, -0.2) is 9.78 Å². The van der Waals surface area contributed by atoms with Gasteiger partial charge >= 0.3 is 5.63 Å². The Balaban J connectivity index is 2.07. The molecule has 0 atom stereocenters. The first-order chi connectivity index (χ1) is 8.56. The Labute approximate surface area is 110 Å². The van der Waals surface area contributed by atoms with Crippen molar-refractivity contribution in [2.45, 2.75) is 39.5 Å². The number of aryl methyl sites for hydroxylation is 1. The maximum absolute atomic E-state index is 11.7. The SMILES string of the molecule is CC(C)CCCCc1nc2cc(N)sc2c(=O)o1. The molecule has 0 amide bonds. The summed E-state index contributed by atoms with van der Waals surface area (Å²) in [7, 11) is 0. The van der Waals surface area contributed by atoms with Crippen LogP contribution in [0.25, 0.3) is 10.2 Å². The van der Waals surface area contributed by atoms with E-state index in [1.165, 1.54) is 17.8 Å². The van der Waals surface area contributed by atoms with E-state index >= 15 is 0 Å². The molecule has 98 valence electrons. The van der Waals surface area contributed by atoms with Gasteiger partial charge < -0.3 is 10.2 Å². The second-order valence-corrected chi connectivity index (χ2v) is 5.98. The summed E-state index contributed by atoms with van der Waals surface area (Å²) >= 11 is 1.23. The Morgan fingerprint density at radius 1 is 1.44 bits per heavy atom. The van der Waals surface area contributed by atoms with Gasteiger partial charge in [0.15, 0.2) is 5.89 Å². The summed E-state index contributed by atoms with van der Waals surface area (Å²) in [5.41, 5.74) is 6.00. The third-order valence-corrected chi connectivity index (χ3v) is 3.73. The Kier molecular flexibility index (Phi) is 4.01. The number of unbranched alkanes of at least 4 members (excludes halogenated alkanes) is 1. The van der Waals surface area contributed by atoms with Gasteiger partial charge in [0, 0.05) is 6.42 Å². The molecule has 4 nitrogen and oxygen atoms in total. The van der Waals surface area contributed by atoms with Gasteiger partial charge in [0.2, 0.25) is 0 Å². The number of fused-ring (bicyclic) bond motifs is 1. The molecule has 2 aromatic rings. The van der Waals surface area contributed by atoms with Crippen LogP contribution in [0.15, 0.2) is 15.3 Å². The second-order valence-electron chi connectivity index (χ2n) is 4.90. The summed E-state index contributed by atoms with van der Waals surface area (Å²) < 4.78 is 5.71. The molecule has 0 aromatic carbocycles. The van der Waals surface area contributed by atoms with Gasteiger partial charge in [0.1, 0.15) is 4.70 Å². The fraction of sp³-hybridized carbons (Fsp3) is 0.538. The lowest BCUT2D eigenvalue weighted by atomic mass is 10.1. The molecule has 5 heteroatoms. The minimum atomic E-state index is -0.319. The normalized spacial score (nSPS) is 11.5. The molecule has 2 aromatic heterocycles. The first-order valence-corrected chi connectivity index (χ1v) is 7.07. The zero-order valence-electron chi connectivity index (χ0n) is 10.7. The Morgan fingerprint density at radius 3 is 2.94 bits per heavy atom. The van der Waals surface area contributed by atoms with Crippen molar-refractivity contribution in [3.05, 3.63) is 22.4 Å². The van der Waals surface area contributed by atoms with Crippen LogP contribution in [0.2, 0.25) is 0 Å². The number of aromatic nitrogens is 1. The van der Waals surface area contributed by atoms with Crippen molar-refractivity contribution >= 4 is 26.6 Å². The van der Waals surface area contributed by atoms with Crippen molar-refractivity contribution in [2.24, 2.45) is 5.92 Å². The highest BCUT2D eigenvalue weighted by Crippen LogP contribution is 2.23. The maximum atomic E-state index is 11.7. The molecule has 0 saturated carbocycles. The molecule has 2 N–H and O–H groups in total. The molecule has 0 aliphatic rings. The predicted octanol–water partition coefficient (Wildman–Crippen LogP) is 3.20. The average Bonchev–Trinajstić information content (AvgIpc) is 2.65. The van der Waals surface area contributed by atoms with Crippen LogP contribution >= 0.6 is 11.3 Å². The van der Waals surface area contributed by atoms with Crippen LogP contribution in [0.1, 0.15) is 39.0 Å². The molecular formula is C13H18N2O2S. The van der Waals surface area contributed by atoms with Gasteiger partial charge in [0.25, 0.3) is 0 Å². The molecular weight excluding hydrogens is 248 g/mol. The Hall–Kier alpha value is -1.36. The number of hydrogen-bond donors (Lipinski definition) is 1. The zero-order valence-corrected chi connectivity index (χ0v) is 11.5. The van der Waals surface area contributed by atoms with Crippen LogP contribution < -0.4 is 11.4 Å². The number of nitrogen functional groups attached to an aromatic ring is 1. The van der Waals surface area contributed by atoms with Gasteiger partial charge in [-0.15, -0.1) is 11.3 Å². The third-order valence-electron chi connectivity index (χ3n) is 2.79. The first kappa shape index (κ1) is 13.1. The van der Waals surface area contributed by atoms with Gasteiger partial charge in [0.05, 0.1) is 10.5 Å². The molecule has 0 radical (unpaired) electrons. The van der Waals surface area contributed by atoms with Crippen LogP contribution in [-0.4, -0.2) is 4.98 Å². The Morgan fingerprint density at radius 2 is 2.22 bits per heavy atom. The topological polar surface area (TPSA) is 69.1 Å². The smallest absolute Gasteiger partial charge is 0.357 e. The lowest BCUT2D eigenvalue weighted by Crippen LogP contribution is -2.03. The van der Waals surface area contributed by atoms with E-state index in [4.69, 9.17) is 10.2 Å². The molecule has 0 fully saturated rings. The number of nitrogens with two attached hydrogens (primary N) is 1. The fourth-order valence-corrected chi connectivity index (χ4v) is 2.62. The molecule has 0 bridgehead atoms. The van der Waals surface area contributed by atoms with Crippen molar-refractivity contribution in [1.29, 1.82) is 0 Å². The van der Waals surface area contributed by atoms with E-state index in [0.29, 0.717) is 33.4 Å². The highest BCUT2D eigenvalue weighted by atomic mass is 32.1. The van der Waals surface area contributed by atoms with Crippen LogP contribution in [0, 0.1) is 5.92 Å². The Bertz CT molecular complexity index is 586. The fourth-order valence-electron chi connectivity index (χ4n) is 1.88. The van der Waals surface area contributed by atoms with Crippen molar-refractivity contribution in [3.63, 3.8) is 0 Å². The molecule has 2 rings (SSSR count). The third kappa shape index (κ3) is 3.10. The van der Waals surface area contributed by atoms with Gasteiger partial charge in [-0.1, -0.05) is 26.7 Å². The molecule has 0 saturated heterocycles. The van der Waals surface area contributed by atoms with E-state index in [9.17, 15) is 4.79 Å². The summed E-state index contributed by atoms with van der Waals surface area (Å²) in [6, 6.07) is 1.73. The van der Waals surface area contributed by atoms with Crippen molar-refractivity contribution in [1.82, 2.24) is 4.98 Å². The molecule has 0 unspecified atom stereocenters. The average molecular weight is 266 g/mol. The number of rotatable bonds is 5. The lowest BCUT2D eigenvalue weighted by molar-refractivity contribution is 0.430. The summed E-state index contributed by atoms with van der Waals surface area (Å²) in [5.74, 6) is 1.23. The standard InChI is InChI=1S/C13H18N2O2S/c1-8(2)5-3-4-6-11-15-9-7-10(14)18-12(9)13(16)17-11/h7-8H,3-6,14H2,1-2H3. The largest absolute Gasteiger partial charge is 0.407 e. The van der Waals surface area contributed by atoms with E-state index in [0.717, 1.165) is 12.8 Å². The number of anilines is 1. The van der Waals surface area contributed by atoms with Crippen molar-refractivity contribution < 1.29 is 4.42 Å². The molecule has 18 heavy (non-hydrogen) atoms. The van der Waals surface area contributed by atoms with Gasteiger partial charge in [-0.05, 0) is 18.4 Å². The minimum Gasteiger partial charge on any atom is -0.407 e. The second kappa shape index (κ2) is 5.52. The summed E-state index contributed by atoms with van der Waals surface area (Å²) in [6.07, 6.45) is 4.04. The zero-order chi connectivity index (χ0) is 13.1. The van der Waals surface area contributed by atoms with E-state index in [1.54, 1.807) is 6.07 Å². The summed E-state index contributed by atoms with van der Waals surface area (Å²) in [5, 5.41) is 0.599. The number of nitrogens with zero attached hydrogens (tertiary/aromatic N) is 1. The van der Waals surface area contributed by atoms with Gasteiger partial charge in [-0.3, -0.25) is 0 Å².